The van der Waals surface area contributed by atoms with Crippen molar-refractivity contribution in [3.63, 3.8) is 0 Å². The summed E-state index contributed by atoms with van der Waals surface area (Å²) in [4.78, 5) is 5.50. The zero-order valence-electron chi connectivity index (χ0n) is 24.8. The fourth-order valence-corrected chi connectivity index (χ4v) is 8.47. The van der Waals surface area contributed by atoms with Gasteiger partial charge in [0.1, 0.15) is 4.70 Å². The van der Waals surface area contributed by atoms with Gasteiger partial charge in [-0.2, -0.15) is 4.57 Å². The number of hydrogen-bond acceptors (Lipinski definition) is 10. The van der Waals surface area contributed by atoms with Gasteiger partial charge in [0, 0.05) is 51.9 Å². The number of thioether (sulfide) groups is 1. The Kier molecular flexibility index (Phi) is 13.2. The van der Waals surface area contributed by atoms with Gasteiger partial charge in [-0.25, -0.2) is 16.8 Å². The van der Waals surface area contributed by atoms with Crippen molar-refractivity contribution in [3.8, 4) is 0 Å². The van der Waals surface area contributed by atoms with E-state index in [1.165, 1.54) is 31.0 Å². The number of benzene rings is 1. The minimum Gasteiger partial charge on any atom is -0.748 e. The molecule has 9 nitrogen and oxygen atoms in total. The van der Waals surface area contributed by atoms with E-state index in [4.69, 9.17) is 23.2 Å². The normalized spacial score (nSPS) is 18.2. The fourth-order valence-electron chi connectivity index (χ4n) is 4.71. The van der Waals surface area contributed by atoms with E-state index < -0.39 is 31.7 Å². The summed E-state index contributed by atoms with van der Waals surface area (Å²) >= 11 is 15.5. The number of hydrogen-bond donors (Lipinski definition) is 0. The Bertz CT molecular complexity index is 1550. The Morgan fingerprint density at radius 1 is 1.05 bits per heavy atom. The molecule has 1 aromatic heterocycles. The first-order valence-corrected chi connectivity index (χ1v) is 19.2. The lowest BCUT2D eigenvalue weighted by molar-refractivity contribution is -0.668. The number of rotatable bonds is 12. The molecule has 2 aromatic rings. The molecule has 2 aliphatic rings. The molecule has 1 saturated heterocycles. The van der Waals surface area contributed by atoms with Crippen molar-refractivity contribution in [1.82, 2.24) is 9.80 Å². The van der Waals surface area contributed by atoms with E-state index >= 15 is 0 Å². The molecule has 42 heavy (non-hydrogen) atoms. The number of halogens is 2. The maximum absolute atomic E-state index is 11.1. The van der Waals surface area contributed by atoms with E-state index in [2.05, 4.69) is 30.6 Å². The van der Waals surface area contributed by atoms with Crippen LogP contribution >= 0.6 is 46.3 Å². The van der Waals surface area contributed by atoms with Crippen LogP contribution < -0.4 is 4.57 Å². The van der Waals surface area contributed by atoms with Crippen LogP contribution in [0.1, 0.15) is 46.5 Å². The first-order chi connectivity index (χ1) is 19.7. The third-order valence-electron chi connectivity index (χ3n) is 6.88. The predicted molar refractivity (Wildman–Crippen MR) is 173 cm³/mol. The minimum absolute atomic E-state index is 0. The van der Waals surface area contributed by atoms with Gasteiger partial charge in [0.2, 0.25) is 5.52 Å². The molecule has 0 radical (unpaired) electrons. The molecule has 2 heterocycles. The van der Waals surface area contributed by atoms with Crippen molar-refractivity contribution in [2.45, 2.75) is 52.6 Å². The van der Waals surface area contributed by atoms with Crippen LogP contribution in [0.5, 0.6) is 0 Å². The molecule has 1 fully saturated rings. The third-order valence-corrected chi connectivity index (χ3v) is 11.3. The van der Waals surface area contributed by atoms with Crippen LogP contribution in [0.15, 0.2) is 45.3 Å². The SMILES string of the molecule is CCN(CC)CC.O=S(=O)([O-])CCCN1/C(=C/c2sc3ccc(Cl)cc3[n+]2CCCS(=O)(=O)[O-])SC2=CC=C(Cl)CC21.[H+]. The molecule has 1 aromatic carbocycles. The monoisotopic (exact) mass is 697 g/mol. The molecule has 15 heteroatoms. The molecule has 234 valence electrons. The van der Waals surface area contributed by atoms with Crippen LogP contribution in [-0.4, -0.2) is 79.5 Å². The van der Waals surface area contributed by atoms with Gasteiger partial charge < -0.3 is 18.9 Å². The molecule has 0 saturated carbocycles. The molecular formula is C27H37Cl2N3O6S4. The van der Waals surface area contributed by atoms with E-state index in [-0.39, 0.29) is 20.3 Å². The van der Waals surface area contributed by atoms with Crippen molar-refractivity contribution in [2.75, 3.05) is 37.7 Å². The van der Waals surface area contributed by atoms with Gasteiger partial charge >= 0.3 is 1.43 Å². The van der Waals surface area contributed by atoms with Gasteiger partial charge in [-0.1, -0.05) is 67.1 Å². The average Bonchev–Trinajstić information content (AvgIpc) is 3.41. The smallest absolute Gasteiger partial charge is 0.748 e. The van der Waals surface area contributed by atoms with Gasteiger partial charge in [-0.15, -0.1) is 0 Å². The van der Waals surface area contributed by atoms with Gasteiger partial charge in [0.15, 0.2) is 6.54 Å². The summed E-state index contributed by atoms with van der Waals surface area (Å²) < 4.78 is 69.7. The van der Waals surface area contributed by atoms with Crippen LogP contribution in [0.3, 0.4) is 0 Å². The quantitative estimate of drug-likeness (QED) is 0.215. The number of allylic oxidation sites excluding steroid dienone is 2. The van der Waals surface area contributed by atoms with Gasteiger partial charge in [0.25, 0.3) is 5.01 Å². The standard InChI is InChI=1S/C21H22Cl2N2O6S4.C6H15N/c22-14-3-5-18-16(11-14)24(7-1-9-34(26,27)28)20(32-18)13-21-25(8-2-10-35(29,30)31)17-12-15(23)4-6-19(17)33-21;1-4-7(5-2)6-3/h3-6,11,13,17H,1-2,7-10,12H2,(H-,26,27,28,29,30,31);4-6H2,1-3H3. The Morgan fingerprint density at radius 2 is 1.69 bits per heavy atom. The summed E-state index contributed by atoms with van der Waals surface area (Å²) in [5, 5.41) is 2.92. The highest BCUT2D eigenvalue weighted by Crippen LogP contribution is 2.47. The second kappa shape index (κ2) is 15.7. The molecular weight excluding hydrogens is 661 g/mol. The number of aryl methyl sites for hydroxylation is 1. The van der Waals surface area contributed by atoms with Crippen molar-refractivity contribution in [3.05, 3.63) is 55.3 Å². The van der Waals surface area contributed by atoms with Crippen molar-refractivity contribution < 1.29 is 31.9 Å². The lowest BCUT2D eigenvalue weighted by Crippen LogP contribution is -2.36. The average molecular weight is 699 g/mol. The Labute approximate surface area is 268 Å². The molecule has 1 unspecified atom stereocenters. The molecule has 1 aliphatic carbocycles. The van der Waals surface area contributed by atoms with Crippen LogP contribution in [0, 0.1) is 0 Å². The van der Waals surface area contributed by atoms with Gasteiger partial charge in [-0.3, -0.25) is 0 Å². The maximum atomic E-state index is 11.1. The van der Waals surface area contributed by atoms with Crippen LogP contribution in [0.2, 0.25) is 5.02 Å². The van der Waals surface area contributed by atoms with Crippen molar-refractivity contribution in [2.24, 2.45) is 0 Å². The first kappa shape index (κ1) is 35.3. The maximum Gasteiger partial charge on any atom is 1.00 e. The number of aromatic nitrogens is 1. The highest BCUT2D eigenvalue weighted by molar-refractivity contribution is 8.07. The molecule has 0 bridgehead atoms. The highest BCUT2D eigenvalue weighted by Gasteiger charge is 2.36. The second-order valence-electron chi connectivity index (χ2n) is 9.73. The third kappa shape index (κ3) is 10.5. The zero-order valence-corrected chi connectivity index (χ0v) is 28.6. The molecule has 1 aliphatic heterocycles. The van der Waals surface area contributed by atoms with Crippen molar-refractivity contribution >= 4 is 82.8 Å². The Morgan fingerprint density at radius 3 is 2.29 bits per heavy atom. The highest BCUT2D eigenvalue weighted by atomic mass is 35.5. The number of nitrogens with zero attached hydrogens (tertiary/aromatic N) is 3. The summed E-state index contributed by atoms with van der Waals surface area (Å²) in [6, 6.07) is 5.40. The van der Waals surface area contributed by atoms with E-state index in [1.54, 1.807) is 23.9 Å². The lowest BCUT2D eigenvalue weighted by Gasteiger charge is -2.28. The van der Waals surface area contributed by atoms with Crippen LogP contribution in [0.25, 0.3) is 16.3 Å². The summed E-state index contributed by atoms with van der Waals surface area (Å²) in [6.45, 7) is 10.8. The fraction of sp³-hybridized carbons (Fsp3) is 0.519. The molecule has 4 rings (SSSR count). The summed E-state index contributed by atoms with van der Waals surface area (Å²) in [7, 11) is -8.67. The number of fused-ring (bicyclic) bond motifs is 2. The van der Waals surface area contributed by atoms with E-state index in [9.17, 15) is 25.9 Å². The molecule has 0 amide bonds. The first-order valence-electron chi connectivity index (χ1n) is 13.7. The summed E-state index contributed by atoms with van der Waals surface area (Å²) in [6.07, 6.45) is 6.65. The predicted octanol–water partition coefficient (Wildman–Crippen LogP) is 5.30. The molecule has 1 atom stereocenters. The van der Waals surface area contributed by atoms with E-state index in [0.717, 1.165) is 25.2 Å². The summed E-state index contributed by atoms with van der Waals surface area (Å²) in [5.74, 6) is -0.931. The summed E-state index contributed by atoms with van der Waals surface area (Å²) in [5.41, 5.74) is 0.825. The Hall–Kier alpha value is -1.16. The van der Waals surface area contributed by atoms with Gasteiger partial charge in [0.05, 0.1) is 37.4 Å². The van der Waals surface area contributed by atoms with Crippen molar-refractivity contribution in [1.29, 1.82) is 0 Å². The van der Waals surface area contributed by atoms with Gasteiger partial charge in [-0.05, 0) is 50.3 Å². The largest absolute Gasteiger partial charge is 1.00 e. The second-order valence-corrected chi connectivity index (χ2v) is 15.9. The molecule has 0 spiro atoms. The Balaban J connectivity index is 0.000000721. The minimum atomic E-state index is -4.34. The van der Waals surface area contributed by atoms with E-state index in [0.29, 0.717) is 29.6 Å². The topological polar surface area (TPSA) is 125 Å². The lowest BCUT2D eigenvalue weighted by atomic mass is 10.1. The number of thiazole rings is 1. The zero-order chi connectivity index (χ0) is 31.1. The van der Waals surface area contributed by atoms with Crippen LogP contribution in [-0.2, 0) is 26.8 Å². The van der Waals surface area contributed by atoms with Crippen LogP contribution in [0.4, 0.5) is 0 Å². The van der Waals surface area contributed by atoms with E-state index in [1.807, 2.05) is 28.9 Å². The molecule has 0 N–H and O–H groups in total.